The van der Waals surface area contributed by atoms with Gasteiger partial charge in [0.05, 0.1) is 32.9 Å². The van der Waals surface area contributed by atoms with Gasteiger partial charge < -0.3 is 7.43 Å². The fourth-order valence-corrected chi connectivity index (χ4v) is 28.3. The molecule has 0 nitrogen and oxygen atoms in total. The van der Waals surface area contributed by atoms with Crippen LogP contribution in [0.5, 0.6) is 0 Å². The molecule has 6 bridgehead atoms. The molecule has 0 aromatic rings. The average Bonchev–Trinajstić information content (AvgIpc) is 3.82. The van der Waals surface area contributed by atoms with Gasteiger partial charge in [0.2, 0.25) is 0 Å². The van der Waals surface area contributed by atoms with Crippen LogP contribution in [-0.4, -0.2) is 32.9 Å². The van der Waals surface area contributed by atoms with E-state index in [-0.39, 0.29) is 43.7 Å². The van der Waals surface area contributed by atoms with Crippen LogP contribution in [0.25, 0.3) is 0 Å². The summed E-state index contributed by atoms with van der Waals surface area (Å²) < 4.78 is 0. The molecule has 8 unspecified atom stereocenters. The van der Waals surface area contributed by atoms with Gasteiger partial charge >= 0.3 is 0 Å². The van der Waals surface area contributed by atoms with Crippen molar-refractivity contribution in [3.63, 3.8) is 0 Å². The van der Waals surface area contributed by atoms with Crippen LogP contribution in [-0.2, 0) is 20.4 Å². The van der Waals surface area contributed by atoms with Gasteiger partial charge in [-0.2, -0.15) is 0 Å². The van der Waals surface area contributed by atoms with Crippen molar-refractivity contribution in [2.75, 3.05) is 0 Å². The molecule has 0 aliphatic heterocycles. The van der Waals surface area contributed by atoms with Crippen molar-refractivity contribution in [2.24, 2.45) is 35.5 Å². The molecule has 10 saturated carbocycles. The summed E-state index contributed by atoms with van der Waals surface area (Å²) in [4.78, 5) is 0. The van der Waals surface area contributed by atoms with E-state index in [1.54, 1.807) is 193 Å². The van der Waals surface area contributed by atoms with Crippen LogP contribution < -0.4 is 0 Å². The van der Waals surface area contributed by atoms with Crippen molar-refractivity contribution in [3.8, 4) is 0 Å². The number of rotatable bonds is 6. The van der Waals surface area contributed by atoms with Crippen molar-refractivity contribution in [3.05, 3.63) is 7.43 Å². The molecule has 0 saturated heterocycles. The molecule has 0 radical (unpaired) electrons. The zero-order valence-corrected chi connectivity index (χ0v) is 33.9. The van der Waals surface area contributed by atoms with Gasteiger partial charge in [0.25, 0.3) is 0 Å². The topological polar surface area (TPSA) is 0 Å². The van der Waals surface area contributed by atoms with E-state index in [1.165, 1.54) is 58.1 Å². The minimum absolute atomic E-state index is 0. The molecule has 10 aliphatic carbocycles. The van der Waals surface area contributed by atoms with E-state index in [0.29, 0.717) is 0 Å². The Morgan fingerprint density at radius 3 is 1.11 bits per heavy atom. The molecule has 3 heteroatoms. The van der Waals surface area contributed by atoms with Crippen molar-refractivity contribution in [2.45, 2.75) is 226 Å². The predicted octanol–water partition coefficient (Wildman–Crippen LogP) is 13.3. The molecular formula is C43H75P2Pd+. The summed E-state index contributed by atoms with van der Waals surface area (Å²) in [5.41, 5.74) is 4.94. The molecule has 46 heavy (non-hydrogen) atoms. The minimum atomic E-state index is -0.211. The summed E-state index contributed by atoms with van der Waals surface area (Å²) >= 11 is 0. The van der Waals surface area contributed by atoms with Gasteiger partial charge in [0, 0.05) is 36.3 Å². The van der Waals surface area contributed by atoms with E-state index < -0.39 is 0 Å². The van der Waals surface area contributed by atoms with Crippen molar-refractivity contribution >= 4 is 15.8 Å². The zero-order valence-electron chi connectivity index (χ0n) is 30.3. The van der Waals surface area contributed by atoms with E-state index in [2.05, 4.69) is 0 Å². The first kappa shape index (κ1) is 35.9. The molecule has 0 aromatic carbocycles. The number of hydrogen-bond donors (Lipinski definition) is 0. The summed E-state index contributed by atoms with van der Waals surface area (Å²) in [6, 6.07) is 0. The van der Waals surface area contributed by atoms with Crippen LogP contribution >= 0.6 is 15.8 Å². The van der Waals surface area contributed by atoms with Crippen LogP contribution in [0.1, 0.15) is 193 Å². The Labute approximate surface area is 303 Å². The smallest absolute Gasteiger partial charge is 0.0793 e. The van der Waals surface area contributed by atoms with Gasteiger partial charge in [-0.1, -0.05) is 25.7 Å². The fourth-order valence-electron chi connectivity index (χ4n) is 16.3. The first-order chi connectivity index (χ1) is 21.7. The largest absolute Gasteiger partial charge is 0.358 e. The van der Waals surface area contributed by atoms with Gasteiger partial charge in [0.15, 0.2) is 0 Å². The Hall–Kier alpha value is 1.52. The van der Waals surface area contributed by atoms with Crippen molar-refractivity contribution in [1.29, 1.82) is 0 Å². The van der Waals surface area contributed by atoms with E-state index in [9.17, 15) is 0 Å². The maximum absolute atomic E-state index is 1.74. The van der Waals surface area contributed by atoms with Crippen molar-refractivity contribution < 1.29 is 20.4 Å². The Morgan fingerprint density at radius 1 is 0.348 bits per heavy atom. The first-order valence-electron chi connectivity index (χ1n) is 21.4. The zero-order chi connectivity index (χ0) is 29.1. The van der Waals surface area contributed by atoms with Crippen LogP contribution in [0.4, 0.5) is 0 Å². The van der Waals surface area contributed by atoms with E-state index in [1.807, 2.05) is 0 Å². The molecule has 10 fully saturated rings. The molecule has 10 aliphatic rings. The van der Waals surface area contributed by atoms with Crippen molar-refractivity contribution in [1.82, 2.24) is 0 Å². The molecule has 266 valence electrons. The van der Waals surface area contributed by atoms with Gasteiger partial charge in [-0.25, -0.2) is 0 Å². The standard InChI is InChI=1S/C25H39P.C17H31P.CH3.Pd/c1-2-4-23(3-1)26(24-11-17-5-7-19(13-24)21(9-17)15-24)25-12-18-6-8-20(14-25)22(10-18)16-25;1-3-9-15(10-4-1)18(17-13-7-8-14-17)16-11-5-2-6-12-16;;/h17-23H,1-16H2;15-17H,1-14H2;1H3;/q;;-1;/p+2. The summed E-state index contributed by atoms with van der Waals surface area (Å²) in [5, 5.41) is 1.86. The predicted molar refractivity (Wildman–Crippen MR) is 203 cm³/mol. The van der Waals surface area contributed by atoms with Crippen LogP contribution in [0.2, 0.25) is 0 Å². The molecular weight excluding hydrogens is 685 g/mol. The molecule has 0 heterocycles. The number of hydrogen-bond acceptors (Lipinski definition) is 0. The Bertz CT molecular complexity index is 905. The van der Waals surface area contributed by atoms with Crippen LogP contribution in [0.3, 0.4) is 0 Å². The molecule has 8 atom stereocenters. The minimum Gasteiger partial charge on any atom is -0.358 e. The molecule has 10 rings (SSSR count). The first-order valence-corrected chi connectivity index (χ1v) is 24.7. The second kappa shape index (κ2) is 15.2. The normalized spacial score (nSPS) is 44.5. The monoisotopic (exact) mass is 759 g/mol. The SMILES string of the molecule is C1CCC([PH+](C23CC4CCC(C2)C(C4)C3)C23CC4CCC(C2)C(C4)C3)C1.C1CCC([PH+](C2CCCCC2)C2CCCC2)CC1.[CH3-].[Pd]. The van der Waals surface area contributed by atoms with E-state index >= 15 is 0 Å². The summed E-state index contributed by atoms with van der Waals surface area (Å²) in [7, 11) is -0.234. The molecule has 0 spiro atoms. The molecule has 0 N–H and O–H groups in total. The van der Waals surface area contributed by atoms with E-state index in [0.717, 1.165) is 10.3 Å². The van der Waals surface area contributed by atoms with Gasteiger partial charge in [-0.05, 0) is 202 Å². The van der Waals surface area contributed by atoms with Gasteiger partial charge in [-0.15, -0.1) is 0 Å². The van der Waals surface area contributed by atoms with Crippen LogP contribution in [0, 0.1) is 42.9 Å². The van der Waals surface area contributed by atoms with Gasteiger partial charge in [0.1, 0.15) is 0 Å². The molecule has 0 amide bonds. The van der Waals surface area contributed by atoms with Crippen LogP contribution in [0.15, 0.2) is 0 Å². The summed E-state index contributed by atoms with van der Waals surface area (Å²) in [5.74, 6) is 7.09. The van der Waals surface area contributed by atoms with Gasteiger partial charge in [-0.3, -0.25) is 0 Å². The maximum atomic E-state index is 1.74. The third-order valence-electron chi connectivity index (χ3n) is 17.4. The quantitative estimate of drug-likeness (QED) is 0.144. The fraction of sp³-hybridized carbons (Fsp3) is 0.977. The Kier molecular flexibility index (Phi) is 11.9. The third-order valence-corrected chi connectivity index (χ3v) is 26.8. The Morgan fingerprint density at radius 2 is 0.696 bits per heavy atom. The third kappa shape index (κ3) is 6.76. The summed E-state index contributed by atoms with van der Waals surface area (Å²) in [6.45, 7) is 0. The second-order valence-corrected chi connectivity index (χ2v) is 26.9. The molecule has 0 aromatic heterocycles. The second-order valence-electron chi connectivity index (χ2n) is 19.7. The average molecular weight is 760 g/mol. The maximum Gasteiger partial charge on any atom is 0.0793 e. The van der Waals surface area contributed by atoms with E-state index in [4.69, 9.17) is 0 Å². The summed E-state index contributed by atoms with van der Waals surface area (Å²) in [6.07, 6.45) is 49.0. The Balaban J connectivity index is 0.000000150. The number of fused-ring (bicyclic) bond motifs is 4.